The highest BCUT2D eigenvalue weighted by atomic mass is 32.1. The normalized spacial score (nSPS) is 25.7. The lowest BCUT2D eigenvalue weighted by Crippen LogP contribution is -2.17. The van der Waals surface area contributed by atoms with Crippen LogP contribution in [0.15, 0.2) is 0 Å². The van der Waals surface area contributed by atoms with Crippen LogP contribution in [0.5, 0.6) is 0 Å². The number of thiazole rings is 1. The molecule has 1 fully saturated rings. The second-order valence-corrected chi connectivity index (χ2v) is 5.51. The van der Waals surface area contributed by atoms with Crippen molar-refractivity contribution in [2.45, 2.75) is 38.1 Å². The van der Waals surface area contributed by atoms with Gasteiger partial charge in [0.15, 0.2) is 5.13 Å². The van der Waals surface area contributed by atoms with E-state index in [0.717, 1.165) is 12.8 Å². The molecule has 1 saturated heterocycles. The molecule has 1 atom stereocenters. The average molecular weight is 223 g/mol. The van der Waals surface area contributed by atoms with Gasteiger partial charge in [0.05, 0.1) is 5.69 Å². The van der Waals surface area contributed by atoms with E-state index in [4.69, 9.17) is 10.7 Å². The van der Waals surface area contributed by atoms with Crippen LogP contribution in [-0.2, 0) is 6.42 Å². The topological polar surface area (TPSA) is 42.1 Å². The van der Waals surface area contributed by atoms with E-state index in [1.807, 2.05) is 11.3 Å². The number of hydrogen-bond acceptors (Lipinski definition) is 4. The third-order valence-electron chi connectivity index (χ3n) is 3.36. The zero-order valence-corrected chi connectivity index (χ0v) is 9.72. The minimum atomic E-state index is 0.252. The average Bonchev–Trinajstić information content (AvgIpc) is 2.86. The number of nitrogens with two attached hydrogens (primary N) is 1. The summed E-state index contributed by atoms with van der Waals surface area (Å²) in [5.41, 5.74) is 7.39. The van der Waals surface area contributed by atoms with E-state index < -0.39 is 0 Å². The van der Waals surface area contributed by atoms with Crippen LogP contribution in [0.3, 0.4) is 0 Å². The van der Waals surface area contributed by atoms with Crippen LogP contribution in [0.4, 0.5) is 5.13 Å². The minimum Gasteiger partial charge on any atom is -0.348 e. The number of nitrogens with zero attached hydrogens (tertiary/aromatic N) is 2. The van der Waals surface area contributed by atoms with Gasteiger partial charge < -0.3 is 10.6 Å². The van der Waals surface area contributed by atoms with Gasteiger partial charge in [0.1, 0.15) is 0 Å². The van der Waals surface area contributed by atoms with E-state index in [1.165, 1.54) is 48.1 Å². The predicted octanol–water partition coefficient (Wildman–Crippen LogP) is 2.08. The minimum absolute atomic E-state index is 0.252. The lowest BCUT2D eigenvalue weighted by atomic mass is 9.99. The van der Waals surface area contributed by atoms with Crippen LogP contribution in [-0.4, -0.2) is 18.1 Å². The van der Waals surface area contributed by atoms with E-state index in [9.17, 15) is 0 Å². The fraction of sp³-hybridized carbons (Fsp3) is 0.727. The molecule has 82 valence electrons. The zero-order chi connectivity index (χ0) is 10.3. The molecule has 0 aromatic carbocycles. The van der Waals surface area contributed by atoms with Crippen LogP contribution in [0, 0.1) is 0 Å². The molecule has 0 amide bonds. The summed E-state index contributed by atoms with van der Waals surface area (Å²) in [7, 11) is 0. The van der Waals surface area contributed by atoms with Crippen molar-refractivity contribution in [1.29, 1.82) is 0 Å². The summed E-state index contributed by atoms with van der Waals surface area (Å²) in [5.74, 6) is 0. The zero-order valence-electron chi connectivity index (χ0n) is 8.91. The van der Waals surface area contributed by atoms with Crippen LogP contribution in [0.25, 0.3) is 0 Å². The number of aryl methyl sites for hydroxylation is 1. The maximum atomic E-state index is 6.11. The summed E-state index contributed by atoms with van der Waals surface area (Å²) in [4.78, 5) is 8.51. The van der Waals surface area contributed by atoms with Crippen molar-refractivity contribution in [1.82, 2.24) is 4.98 Å². The first-order valence-electron chi connectivity index (χ1n) is 5.85. The summed E-state index contributed by atoms with van der Waals surface area (Å²) in [5, 5.41) is 1.22. The second kappa shape index (κ2) is 3.76. The van der Waals surface area contributed by atoms with Gasteiger partial charge in [-0.1, -0.05) is 11.3 Å². The van der Waals surface area contributed by atoms with Crippen molar-refractivity contribution in [3.8, 4) is 0 Å². The van der Waals surface area contributed by atoms with Gasteiger partial charge in [-0.3, -0.25) is 0 Å². The van der Waals surface area contributed by atoms with Gasteiger partial charge in [-0.15, -0.1) is 0 Å². The molecule has 0 radical (unpaired) electrons. The Labute approximate surface area is 94.3 Å². The number of rotatable bonds is 1. The molecule has 1 aromatic heterocycles. The summed E-state index contributed by atoms with van der Waals surface area (Å²) < 4.78 is 0. The Bertz CT molecular complexity index is 355. The molecule has 2 heterocycles. The quantitative estimate of drug-likeness (QED) is 0.792. The molecule has 1 aromatic rings. The Hall–Kier alpha value is -0.610. The molecule has 1 aliphatic heterocycles. The molecular weight excluding hydrogens is 206 g/mol. The molecule has 0 saturated carbocycles. The van der Waals surface area contributed by atoms with E-state index in [2.05, 4.69) is 4.90 Å². The van der Waals surface area contributed by atoms with Crippen molar-refractivity contribution in [3.63, 3.8) is 0 Å². The monoisotopic (exact) mass is 223 g/mol. The van der Waals surface area contributed by atoms with Crippen LogP contribution >= 0.6 is 11.3 Å². The van der Waals surface area contributed by atoms with Crippen molar-refractivity contribution in [3.05, 3.63) is 10.6 Å². The van der Waals surface area contributed by atoms with Gasteiger partial charge in [-0.25, -0.2) is 4.98 Å². The second-order valence-electron chi connectivity index (χ2n) is 4.50. The van der Waals surface area contributed by atoms with Crippen LogP contribution in [0.2, 0.25) is 0 Å². The molecule has 4 heteroatoms. The number of fused-ring (bicyclic) bond motifs is 1. The number of aromatic nitrogens is 1. The first-order valence-corrected chi connectivity index (χ1v) is 6.66. The molecule has 3 rings (SSSR count). The van der Waals surface area contributed by atoms with Gasteiger partial charge in [0.25, 0.3) is 0 Å². The molecule has 1 unspecified atom stereocenters. The fourth-order valence-electron chi connectivity index (χ4n) is 2.48. The largest absolute Gasteiger partial charge is 0.348 e. The Balaban J connectivity index is 1.90. The lowest BCUT2D eigenvalue weighted by Gasteiger charge is -2.15. The van der Waals surface area contributed by atoms with Crippen LogP contribution < -0.4 is 10.6 Å². The third kappa shape index (κ3) is 1.66. The summed E-state index contributed by atoms with van der Waals surface area (Å²) in [6.07, 6.45) is 6.10. The molecule has 2 N–H and O–H groups in total. The Morgan fingerprint density at radius 3 is 2.80 bits per heavy atom. The first kappa shape index (κ1) is 9.60. The maximum absolute atomic E-state index is 6.11. The summed E-state index contributed by atoms with van der Waals surface area (Å²) >= 11 is 1.83. The Kier molecular flexibility index (Phi) is 2.41. The molecular formula is C11H17N3S. The van der Waals surface area contributed by atoms with Crippen molar-refractivity contribution < 1.29 is 0 Å². The standard InChI is InChI=1S/C11H17N3S/c12-8-4-3-5-9-10(8)15-11(13-9)14-6-1-2-7-14/h8H,1-7,12H2. The highest BCUT2D eigenvalue weighted by Gasteiger charge is 2.24. The summed E-state index contributed by atoms with van der Waals surface area (Å²) in [6, 6.07) is 0.252. The fourth-order valence-corrected chi connectivity index (χ4v) is 3.68. The van der Waals surface area contributed by atoms with Crippen molar-refractivity contribution in [2.75, 3.05) is 18.0 Å². The highest BCUT2D eigenvalue weighted by Crippen LogP contribution is 2.37. The summed E-state index contributed by atoms with van der Waals surface area (Å²) in [6.45, 7) is 2.36. The molecule has 0 spiro atoms. The van der Waals surface area contributed by atoms with Gasteiger partial charge >= 0.3 is 0 Å². The molecule has 0 bridgehead atoms. The Morgan fingerprint density at radius 2 is 2.07 bits per heavy atom. The van der Waals surface area contributed by atoms with Gasteiger partial charge in [0, 0.05) is 24.0 Å². The van der Waals surface area contributed by atoms with E-state index in [-0.39, 0.29) is 6.04 Å². The first-order chi connectivity index (χ1) is 7.34. The predicted molar refractivity (Wildman–Crippen MR) is 63.4 cm³/mol. The lowest BCUT2D eigenvalue weighted by molar-refractivity contribution is 0.573. The van der Waals surface area contributed by atoms with Crippen molar-refractivity contribution >= 4 is 16.5 Å². The van der Waals surface area contributed by atoms with E-state index >= 15 is 0 Å². The number of hydrogen-bond donors (Lipinski definition) is 1. The van der Waals surface area contributed by atoms with Gasteiger partial charge in [-0.2, -0.15) is 0 Å². The van der Waals surface area contributed by atoms with Crippen molar-refractivity contribution in [2.24, 2.45) is 5.73 Å². The third-order valence-corrected chi connectivity index (χ3v) is 4.65. The van der Waals surface area contributed by atoms with Gasteiger partial charge in [-0.05, 0) is 32.1 Å². The molecule has 3 nitrogen and oxygen atoms in total. The molecule has 15 heavy (non-hydrogen) atoms. The van der Waals surface area contributed by atoms with E-state index in [0.29, 0.717) is 0 Å². The molecule has 2 aliphatic rings. The maximum Gasteiger partial charge on any atom is 0.185 e. The smallest absolute Gasteiger partial charge is 0.185 e. The number of anilines is 1. The molecule has 1 aliphatic carbocycles. The van der Waals surface area contributed by atoms with Gasteiger partial charge in [0.2, 0.25) is 0 Å². The highest BCUT2D eigenvalue weighted by molar-refractivity contribution is 7.15. The van der Waals surface area contributed by atoms with Crippen LogP contribution in [0.1, 0.15) is 42.3 Å². The Morgan fingerprint density at radius 1 is 1.27 bits per heavy atom. The van der Waals surface area contributed by atoms with E-state index in [1.54, 1.807) is 0 Å². The SMILES string of the molecule is NC1CCCc2nc(N3CCCC3)sc21.